The first-order chi connectivity index (χ1) is 7.56. The van der Waals surface area contributed by atoms with Crippen LogP contribution in [0.1, 0.15) is 17.5 Å². The Morgan fingerprint density at radius 2 is 2.00 bits per heavy atom. The molecular formula is C12H17NO3. The molecule has 88 valence electrons. The minimum Gasteiger partial charge on any atom is -0.480 e. The zero-order chi connectivity index (χ0) is 12.1. The van der Waals surface area contributed by atoms with Gasteiger partial charge in [0.2, 0.25) is 0 Å². The highest BCUT2D eigenvalue weighted by atomic mass is 16.5. The average Bonchev–Trinajstić information content (AvgIpc) is 2.21. The molecule has 0 heterocycles. The summed E-state index contributed by atoms with van der Waals surface area (Å²) in [6.45, 7) is 3.68. The summed E-state index contributed by atoms with van der Waals surface area (Å²) >= 11 is 0. The third-order valence-electron chi connectivity index (χ3n) is 2.38. The van der Waals surface area contributed by atoms with Gasteiger partial charge in [0, 0.05) is 13.0 Å². The second-order valence-electron chi connectivity index (χ2n) is 3.74. The minimum atomic E-state index is -0.773. The first-order valence-corrected chi connectivity index (χ1v) is 5.19. The van der Waals surface area contributed by atoms with Gasteiger partial charge in [-0.3, -0.25) is 4.79 Å². The summed E-state index contributed by atoms with van der Waals surface area (Å²) in [6.07, 6.45) is -0.562. The number of aryl methyl sites for hydroxylation is 2. The van der Waals surface area contributed by atoms with Crippen LogP contribution in [-0.4, -0.2) is 23.7 Å². The molecule has 4 nitrogen and oxygen atoms in total. The third-order valence-corrected chi connectivity index (χ3v) is 2.38. The van der Waals surface area contributed by atoms with E-state index in [-0.39, 0.29) is 13.0 Å². The second kappa shape index (κ2) is 5.51. The van der Waals surface area contributed by atoms with Crippen molar-refractivity contribution < 1.29 is 14.6 Å². The fourth-order valence-electron chi connectivity index (χ4n) is 1.50. The van der Waals surface area contributed by atoms with Crippen molar-refractivity contribution in [3.8, 4) is 5.75 Å². The van der Waals surface area contributed by atoms with E-state index in [4.69, 9.17) is 15.6 Å². The predicted molar refractivity (Wildman–Crippen MR) is 61.2 cm³/mol. The van der Waals surface area contributed by atoms with Crippen LogP contribution in [0.25, 0.3) is 0 Å². The predicted octanol–water partition coefficient (Wildman–Crippen LogP) is 0.919. The molecule has 1 aromatic rings. The number of aliphatic hydroxyl groups excluding tert-OH is 1. The molecule has 16 heavy (non-hydrogen) atoms. The van der Waals surface area contributed by atoms with Crippen molar-refractivity contribution in [2.45, 2.75) is 26.4 Å². The summed E-state index contributed by atoms with van der Waals surface area (Å²) in [5.41, 5.74) is 7.09. The van der Waals surface area contributed by atoms with Gasteiger partial charge in [-0.25, -0.2) is 0 Å². The van der Waals surface area contributed by atoms with Crippen LogP contribution in [0, 0.1) is 13.8 Å². The van der Waals surface area contributed by atoms with Crippen LogP contribution < -0.4 is 10.5 Å². The molecule has 0 aliphatic heterocycles. The number of para-hydroxylation sites is 1. The molecule has 0 spiro atoms. The van der Waals surface area contributed by atoms with Crippen LogP contribution in [0.4, 0.5) is 0 Å². The molecule has 0 saturated carbocycles. The number of nitrogens with two attached hydrogens (primary N) is 1. The standard InChI is InChI=1S/C12H17NO3/c1-8-4-3-5-9(2)11(8)16-10(6-7-14)12(13)15/h3-5,10,14H,6-7H2,1-2H3,(H2,13,15). The van der Waals surface area contributed by atoms with Crippen molar-refractivity contribution >= 4 is 5.91 Å². The number of hydrogen-bond donors (Lipinski definition) is 2. The number of ether oxygens (including phenoxy) is 1. The lowest BCUT2D eigenvalue weighted by Crippen LogP contribution is -2.34. The van der Waals surface area contributed by atoms with Crippen molar-refractivity contribution in [1.82, 2.24) is 0 Å². The number of benzene rings is 1. The quantitative estimate of drug-likeness (QED) is 0.779. The molecule has 1 atom stereocenters. The van der Waals surface area contributed by atoms with E-state index in [1.807, 2.05) is 32.0 Å². The van der Waals surface area contributed by atoms with Crippen molar-refractivity contribution in [2.24, 2.45) is 5.73 Å². The molecule has 0 fully saturated rings. The Bertz CT molecular complexity index is 356. The Morgan fingerprint density at radius 1 is 1.44 bits per heavy atom. The number of amides is 1. The fourth-order valence-corrected chi connectivity index (χ4v) is 1.50. The average molecular weight is 223 g/mol. The van der Waals surface area contributed by atoms with Crippen LogP contribution in [0.3, 0.4) is 0 Å². The molecule has 1 unspecified atom stereocenters. The van der Waals surface area contributed by atoms with Crippen LogP contribution in [0.15, 0.2) is 18.2 Å². The van der Waals surface area contributed by atoms with Gasteiger partial charge in [0.15, 0.2) is 6.10 Å². The molecule has 0 aromatic heterocycles. The van der Waals surface area contributed by atoms with E-state index in [2.05, 4.69) is 0 Å². The number of aliphatic hydroxyl groups is 1. The molecule has 0 aliphatic rings. The largest absolute Gasteiger partial charge is 0.480 e. The SMILES string of the molecule is Cc1cccc(C)c1OC(CCO)C(N)=O. The lowest BCUT2D eigenvalue weighted by atomic mass is 10.1. The maximum absolute atomic E-state index is 11.1. The molecule has 1 aromatic carbocycles. The van der Waals surface area contributed by atoms with E-state index in [1.54, 1.807) is 0 Å². The lowest BCUT2D eigenvalue weighted by Gasteiger charge is -2.18. The summed E-state index contributed by atoms with van der Waals surface area (Å²) in [7, 11) is 0. The highest BCUT2D eigenvalue weighted by Crippen LogP contribution is 2.24. The van der Waals surface area contributed by atoms with Crippen LogP contribution >= 0.6 is 0 Å². The Kier molecular flexibility index (Phi) is 4.31. The van der Waals surface area contributed by atoms with Crippen LogP contribution in [-0.2, 0) is 4.79 Å². The van der Waals surface area contributed by atoms with Gasteiger partial charge in [-0.05, 0) is 25.0 Å². The van der Waals surface area contributed by atoms with E-state index in [1.165, 1.54) is 0 Å². The molecular weight excluding hydrogens is 206 g/mol. The normalized spacial score (nSPS) is 12.2. The highest BCUT2D eigenvalue weighted by Gasteiger charge is 2.18. The van der Waals surface area contributed by atoms with E-state index in [9.17, 15) is 4.79 Å². The Morgan fingerprint density at radius 3 is 2.44 bits per heavy atom. The lowest BCUT2D eigenvalue weighted by molar-refractivity contribution is -0.125. The Balaban J connectivity index is 2.89. The van der Waals surface area contributed by atoms with Crippen molar-refractivity contribution in [3.63, 3.8) is 0 Å². The second-order valence-corrected chi connectivity index (χ2v) is 3.74. The molecule has 0 bridgehead atoms. The number of rotatable bonds is 5. The summed E-state index contributed by atoms with van der Waals surface area (Å²) in [4.78, 5) is 11.1. The van der Waals surface area contributed by atoms with E-state index in [0.717, 1.165) is 11.1 Å². The summed E-state index contributed by atoms with van der Waals surface area (Å²) in [6, 6.07) is 5.72. The van der Waals surface area contributed by atoms with Crippen LogP contribution in [0.5, 0.6) is 5.75 Å². The zero-order valence-corrected chi connectivity index (χ0v) is 9.56. The number of carbonyl (C=O) groups is 1. The van der Waals surface area contributed by atoms with E-state index >= 15 is 0 Å². The van der Waals surface area contributed by atoms with Crippen molar-refractivity contribution in [1.29, 1.82) is 0 Å². The topological polar surface area (TPSA) is 72.6 Å². The molecule has 0 saturated heterocycles. The van der Waals surface area contributed by atoms with Gasteiger partial charge in [0.1, 0.15) is 5.75 Å². The first-order valence-electron chi connectivity index (χ1n) is 5.19. The molecule has 1 amide bonds. The van der Waals surface area contributed by atoms with E-state index in [0.29, 0.717) is 5.75 Å². The molecule has 1 rings (SSSR count). The maximum atomic E-state index is 11.1. The monoisotopic (exact) mass is 223 g/mol. The molecule has 3 N–H and O–H groups in total. The van der Waals surface area contributed by atoms with Crippen LogP contribution in [0.2, 0.25) is 0 Å². The Hall–Kier alpha value is -1.55. The number of carbonyl (C=O) groups excluding carboxylic acids is 1. The number of primary amides is 1. The highest BCUT2D eigenvalue weighted by molar-refractivity contribution is 5.79. The summed E-state index contributed by atoms with van der Waals surface area (Å²) in [5.74, 6) is 0.108. The van der Waals surface area contributed by atoms with E-state index < -0.39 is 12.0 Å². The third kappa shape index (κ3) is 2.97. The van der Waals surface area contributed by atoms with Gasteiger partial charge in [-0.2, -0.15) is 0 Å². The smallest absolute Gasteiger partial charge is 0.258 e. The zero-order valence-electron chi connectivity index (χ0n) is 9.56. The van der Waals surface area contributed by atoms with Gasteiger partial charge in [-0.1, -0.05) is 18.2 Å². The Labute approximate surface area is 95.0 Å². The first kappa shape index (κ1) is 12.5. The van der Waals surface area contributed by atoms with Gasteiger partial charge < -0.3 is 15.6 Å². The summed E-state index contributed by atoms with van der Waals surface area (Å²) < 4.78 is 5.54. The molecule has 4 heteroatoms. The van der Waals surface area contributed by atoms with Gasteiger partial charge in [0.05, 0.1) is 0 Å². The fraction of sp³-hybridized carbons (Fsp3) is 0.417. The molecule has 0 radical (unpaired) electrons. The number of hydrogen-bond acceptors (Lipinski definition) is 3. The van der Waals surface area contributed by atoms with Gasteiger partial charge in [-0.15, -0.1) is 0 Å². The summed E-state index contributed by atoms with van der Waals surface area (Å²) in [5, 5.41) is 8.81. The van der Waals surface area contributed by atoms with Gasteiger partial charge in [0.25, 0.3) is 5.91 Å². The maximum Gasteiger partial charge on any atom is 0.258 e. The molecule has 0 aliphatic carbocycles. The van der Waals surface area contributed by atoms with Crippen molar-refractivity contribution in [3.05, 3.63) is 29.3 Å². The van der Waals surface area contributed by atoms with Crippen molar-refractivity contribution in [2.75, 3.05) is 6.61 Å². The minimum absolute atomic E-state index is 0.126. The van der Waals surface area contributed by atoms with Gasteiger partial charge >= 0.3 is 0 Å².